The largest absolute Gasteiger partial charge is 0.489 e. The molecule has 0 saturated heterocycles. The molecule has 6 aromatic rings. The first-order valence-electron chi connectivity index (χ1n) is 24.7. The van der Waals surface area contributed by atoms with Gasteiger partial charge in [0.15, 0.2) is 11.6 Å². The number of carboxylic acid groups (broad SMARTS) is 2. The molecule has 0 spiro atoms. The highest BCUT2D eigenvalue weighted by atomic mass is 35.5. The van der Waals surface area contributed by atoms with Crippen molar-refractivity contribution in [3.8, 4) is 11.5 Å². The number of carbonyl (C=O) groups excluding carboxylic acids is 4. The SMILES string of the molecule is CCOC(=O)C1=C(C)NC(C)=C(C(=O)OCC)C1.O=C(O)c1ccc(COc2ccc3c(c2)C/C(=C\c2cc(Cl)cc(Cl)c2)C3=O)cc1.O=C(O)c1ccc(COc2ccc3c(c2)CC(Cc2cc(Cl)cc(Cl)c2)C3=O)cc1. The topological polar surface area (TPSA) is 192 Å². The Morgan fingerprint density at radius 1 is 0.577 bits per heavy atom. The van der Waals surface area contributed by atoms with Crippen molar-refractivity contribution in [2.75, 3.05) is 13.2 Å². The first-order valence-corrected chi connectivity index (χ1v) is 26.2. The molecule has 3 N–H and O–H groups in total. The number of rotatable bonds is 15. The van der Waals surface area contributed by atoms with E-state index in [1.54, 1.807) is 119 Å². The van der Waals surface area contributed by atoms with E-state index >= 15 is 0 Å². The predicted octanol–water partition coefficient (Wildman–Crippen LogP) is 13.6. The maximum absolute atomic E-state index is 12.8. The molecule has 0 radical (unpaired) electrons. The van der Waals surface area contributed by atoms with Crippen LogP contribution in [0.5, 0.6) is 11.5 Å². The molecule has 2 aliphatic carbocycles. The molecule has 1 aliphatic heterocycles. The zero-order valence-electron chi connectivity index (χ0n) is 42.8. The van der Waals surface area contributed by atoms with Crippen LogP contribution in [0.15, 0.2) is 149 Å². The summed E-state index contributed by atoms with van der Waals surface area (Å²) in [6.07, 6.45) is 3.79. The molecular weight excluding hydrogens is 1080 g/mol. The molecule has 17 heteroatoms. The number of fused-ring (bicyclic) bond motifs is 2. The van der Waals surface area contributed by atoms with Crippen molar-refractivity contribution in [1.29, 1.82) is 0 Å². The highest BCUT2D eigenvalue weighted by Crippen LogP contribution is 2.35. The van der Waals surface area contributed by atoms with Gasteiger partial charge in [-0.25, -0.2) is 19.2 Å². The molecule has 9 rings (SSSR count). The van der Waals surface area contributed by atoms with Crippen molar-refractivity contribution in [3.63, 3.8) is 0 Å². The van der Waals surface area contributed by atoms with Crippen LogP contribution in [-0.2, 0) is 51.5 Å². The third-order valence-corrected chi connectivity index (χ3v) is 13.6. The highest BCUT2D eigenvalue weighted by Gasteiger charge is 2.31. The Hall–Kier alpha value is -7.68. The monoisotopic (exact) mass is 1130 g/mol. The van der Waals surface area contributed by atoms with Crippen molar-refractivity contribution >= 4 is 87.9 Å². The maximum atomic E-state index is 12.8. The average molecular weight is 1130 g/mol. The maximum Gasteiger partial charge on any atom is 0.336 e. The van der Waals surface area contributed by atoms with Crippen LogP contribution in [0.3, 0.4) is 0 Å². The number of allylic oxidation sites excluding steroid dienone is 3. The van der Waals surface area contributed by atoms with Crippen LogP contribution >= 0.6 is 46.4 Å². The molecule has 0 amide bonds. The Balaban J connectivity index is 0.000000176. The van der Waals surface area contributed by atoms with Crippen LogP contribution in [0.25, 0.3) is 6.08 Å². The van der Waals surface area contributed by atoms with E-state index in [0.717, 1.165) is 50.3 Å². The van der Waals surface area contributed by atoms with E-state index < -0.39 is 23.9 Å². The number of esters is 2. The van der Waals surface area contributed by atoms with E-state index in [1.165, 1.54) is 0 Å². The van der Waals surface area contributed by atoms with Crippen molar-refractivity contribution in [2.45, 2.75) is 66.6 Å². The number of carbonyl (C=O) groups is 6. The number of halogens is 4. The summed E-state index contributed by atoms with van der Waals surface area (Å²) < 4.78 is 21.6. The molecule has 402 valence electrons. The summed E-state index contributed by atoms with van der Waals surface area (Å²) >= 11 is 24.2. The number of nitrogens with one attached hydrogen (secondary N) is 1. The zero-order valence-corrected chi connectivity index (χ0v) is 45.9. The lowest BCUT2D eigenvalue weighted by atomic mass is 9.96. The predicted molar refractivity (Wildman–Crippen MR) is 299 cm³/mol. The van der Waals surface area contributed by atoms with Crippen molar-refractivity contribution in [3.05, 3.63) is 225 Å². The molecule has 0 bridgehead atoms. The fraction of sp³-hybridized carbons (Fsp3) is 0.213. The van der Waals surface area contributed by atoms with Crippen LogP contribution in [0, 0.1) is 5.92 Å². The summed E-state index contributed by atoms with van der Waals surface area (Å²) in [6, 6.07) is 34.5. The fourth-order valence-corrected chi connectivity index (χ4v) is 9.98. The van der Waals surface area contributed by atoms with Gasteiger partial charge in [0.2, 0.25) is 0 Å². The number of aromatic carboxylic acids is 2. The number of dihydropyridines is 1. The van der Waals surface area contributed by atoms with Crippen LogP contribution in [-0.4, -0.2) is 58.9 Å². The lowest BCUT2D eigenvalue weighted by Crippen LogP contribution is -2.26. The fourth-order valence-electron chi connectivity index (χ4n) is 8.87. The van der Waals surface area contributed by atoms with Crippen molar-refractivity contribution in [1.82, 2.24) is 5.32 Å². The van der Waals surface area contributed by atoms with Gasteiger partial charge in [-0.1, -0.05) is 70.7 Å². The number of Topliss-reactive ketones (excluding diaryl/α,β-unsaturated/α-hetero) is 2. The summed E-state index contributed by atoms with van der Waals surface area (Å²) in [5.74, 6) is -1.42. The van der Waals surface area contributed by atoms with Gasteiger partial charge >= 0.3 is 23.9 Å². The van der Waals surface area contributed by atoms with E-state index in [2.05, 4.69) is 5.32 Å². The minimum absolute atomic E-state index is 0.0168. The number of carboxylic acids is 2. The van der Waals surface area contributed by atoms with Crippen LogP contribution in [0.1, 0.15) is 109 Å². The minimum Gasteiger partial charge on any atom is -0.489 e. The Morgan fingerprint density at radius 3 is 1.51 bits per heavy atom. The van der Waals surface area contributed by atoms with Gasteiger partial charge in [0.25, 0.3) is 0 Å². The summed E-state index contributed by atoms with van der Waals surface area (Å²) in [5, 5.41) is 23.1. The molecule has 78 heavy (non-hydrogen) atoms. The second-order valence-corrected chi connectivity index (χ2v) is 20.0. The third kappa shape index (κ3) is 15.3. The molecule has 3 aliphatic rings. The number of ether oxygens (including phenoxy) is 4. The van der Waals surface area contributed by atoms with E-state index in [9.17, 15) is 28.8 Å². The third-order valence-electron chi connectivity index (χ3n) is 12.7. The van der Waals surface area contributed by atoms with Crippen LogP contribution in [0.4, 0.5) is 0 Å². The zero-order chi connectivity index (χ0) is 56.2. The molecule has 13 nitrogen and oxygen atoms in total. The summed E-state index contributed by atoms with van der Waals surface area (Å²) in [5.41, 5.74) is 10.2. The molecule has 0 saturated carbocycles. The molecule has 6 aromatic carbocycles. The number of hydrogen-bond donors (Lipinski definition) is 3. The normalized spacial score (nSPS) is 14.8. The lowest BCUT2D eigenvalue weighted by molar-refractivity contribution is -0.139. The molecule has 1 heterocycles. The van der Waals surface area contributed by atoms with Gasteiger partial charge in [-0.05, 0) is 177 Å². The van der Waals surface area contributed by atoms with Crippen LogP contribution < -0.4 is 14.8 Å². The van der Waals surface area contributed by atoms with Gasteiger partial charge in [-0.2, -0.15) is 0 Å². The van der Waals surface area contributed by atoms with Gasteiger partial charge in [-0.15, -0.1) is 0 Å². The smallest absolute Gasteiger partial charge is 0.336 e. The first-order chi connectivity index (χ1) is 37.3. The second-order valence-electron chi connectivity index (χ2n) is 18.3. The van der Waals surface area contributed by atoms with E-state index in [-0.39, 0.29) is 35.0 Å². The molecular formula is C61H53Cl4NO12. The lowest BCUT2D eigenvalue weighted by Gasteiger charge is -2.22. The Kier molecular flexibility index (Phi) is 19.8. The number of benzene rings is 6. The van der Waals surface area contributed by atoms with E-state index in [1.807, 2.05) is 36.4 Å². The van der Waals surface area contributed by atoms with Gasteiger partial charge < -0.3 is 34.5 Å². The Bertz CT molecular complexity index is 3320. The quantitative estimate of drug-likeness (QED) is 0.0650. The van der Waals surface area contributed by atoms with Gasteiger partial charge in [0.1, 0.15) is 24.7 Å². The summed E-state index contributed by atoms with van der Waals surface area (Å²) in [7, 11) is 0. The standard InChI is InChI=1S/C24H18Cl2O4.C24H16Cl2O4.C13H19NO4/c2*25-19-8-15(9-20(26)12-19)7-18-10-17-11-21(5-6-22(17)23(18)27)30-13-14-1-3-16(4-2-14)24(28)29;1-5-17-12(15)10-7-11(13(16)18-6-2)9(4)14-8(10)3/h1-6,8-9,11-12,18H,7,10,13H2,(H,28,29);1-9,11-12H,10,13H2,(H,28,29);14H,5-7H2,1-4H3/b;18-7+;. The Labute approximate surface area is 471 Å². The van der Waals surface area contributed by atoms with E-state index in [4.69, 9.17) is 75.6 Å². The second kappa shape index (κ2) is 26.6. The van der Waals surface area contributed by atoms with Gasteiger partial charge in [0.05, 0.1) is 35.5 Å². The summed E-state index contributed by atoms with van der Waals surface area (Å²) in [4.78, 5) is 70.9. The molecule has 0 fully saturated rings. The van der Waals surface area contributed by atoms with Gasteiger partial charge in [-0.3, -0.25) is 9.59 Å². The average Bonchev–Trinajstić information content (AvgIpc) is 3.95. The Morgan fingerprint density at radius 2 is 1.04 bits per heavy atom. The van der Waals surface area contributed by atoms with Crippen LogP contribution in [0.2, 0.25) is 20.1 Å². The van der Waals surface area contributed by atoms with Gasteiger partial charge in [0, 0.05) is 66.9 Å². The minimum atomic E-state index is -0.963. The van der Waals surface area contributed by atoms with Crippen molar-refractivity contribution in [2.24, 2.45) is 5.92 Å². The first kappa shape index (κ1) is 58.0. The van der Waals surface area contributed by atoms with E-state index in [0.29, 0.717) is 99.6 Å². The molecule has 0 aromatic heterocycles. The summed E-state index contributed by atoms with van der Waals surface area (Å²) in [6.45, 7) is 8.32. The molecule has 1 unspecified atom stereocenters. The highest BCUT2D eigenvalue weighted by molar-refractivity contribution is 6.35. The number of ketones is 2. The number of hydrogen-bond acceptors (Lipinski definition) is 11. The van der Waals surface area contributed by atoms with Crippen molar-refractivity contribution < 1.29 is 57.9 Å². The molecule has 1 atom stereocenters.